The highest BCUT2D eigenvalue weighted by Crippen LogP contribution is 2.28. The van der Waals surface area contributed by atoms with Crippen molar-refractivity contribution in [2.45, 2.75) is 19.6 Å². The van der Waals surface area contributed by atoms with Gasteiger partial charge in [0.05, 0.1) is 11.6 Å². The van der Waals surface area contributed by atoms with Crippen molar-refractivity contribution in [3.8, 4) is 11.8 Å². The Labute approximate surface area is 127 Å². The molecule has 0 aromatic heterocycles. The van der Waals surface area contributed by atoms with Gasteiger partial charge in [0.1, 0.15) is 12.4 Å². The molecule has 3 nitrogen and oxygen atoms in total. The Morgan fingerprint density at radius 3 is 2.55 bits per heavy atom. The average Bonchev–Trinajstić information content (AvgIpc) is 2.45. The van der Waals surface area contributed by atoms with Crippen LogP contribution < -0.4 is 10.5 Å². The van der Waals surface area contributed by atoms with Gasteiger partial charge in [-0.1, -0.05) is 34.1 Å². The summed E-state index contributed by atoms with van der Waals surface area (Å²) in [4.78, 5) is 0. The molecule has 0 aliphatic rings. The molecule has 0 amide bonds. The monoisotopic (exact) mass is 330 g/mol. The van der Waals surface area contributed by atoms with E-state index in [1.54, 1.807) is 12.1 Å². The highest BCUT2D eigenvalue weighted by Gasteiger charge is 2.09. The molecule has 0 spiro atoms. The van der Waals surface area contributed by atoms with Gasteiger partial charge in [0.2, 0.25) is 0 Å². The van der Waals surface area contributed by atoms with Gasteiger partial charge in [-0.2, -0.15) is 5.26 Å². The van der Waals surface area contributed by atoms with E-state index >= 15 is 0 Å². The lowest BCUT2D eigenvalue weighted by molar-refractivity contribution is 0.301. The highest BCUT2D eigenvalue weighted by atomic mass is 79.9. The zero-order valence-corrected chi connectivity index (χ0v) is 12.7. The normalized spacial score (nSPS) is 11.7. The van der Waals surface area contributed by atoms with Crippen molar-refractivity contribution in [3.63, 3.8) is 0 Å². The molecule has 0 aliphatic carbocycles. The van der Waals surface area contributed by atoms with Gasteiger partial charge in [-0.15, -0.1) is 0 Å². The summed E-state index contributed by atoms with van der Waals surface area (Å²) in [5, 5.41) is 8.76. The topological polar surface area (TPSA) is 59.0 Å². The quantitative estimate of drug-likeness (QED) is 0.924. The molecule has 2 aromatic rings. The van der Waals surface area contributed by atoms with Gasteiger partial charge in [0.25, 0.3) is 0 Å². The van der Waals surface area contributed by atoms with E-state index < -0.39 is 0 Å². The lowest BCUT2D eigenvalue weighted by atomic mass is 10.1. The van der Waals surface area contributed by atoms with Crippen LogP contribution in [0.15, 0.2) is 46.9 Å². The van der Waals surface area contributed by atoms with Crippen LogP contribution in [0.25, 0.3) is 0 Å². The van der Waals surface area contributed by atoms with Crippen LogP contribution in [0.4, 0.5) is 0 Å². The summed E-state index contributed by atoms with van der Waals surface area (Å²) in [6.07, 6.45) is 0. The number of nitriles is 1. The molecule has 4 heteroatoms. The van der Waals surface area contributed by atoms with Crippen LogP contribution >= 0.6 is 15.9 Å². The molecule has 0 unspecified atom stereocenters. The number of nitrogens with zero attached hydrogens (tertiary/aromatic N) is 1. The molecule has 1 atom stereocenters. The van der Waals surface area contributed by atoms with Gasteiger partial charge in [-0.25, -0.2) is 0 Å². The average molecular weight is 331 g/mol. The molecule has 0 fully saturated rings. The molecule has 0 bridgehead atoms. The summed E-state index contributed by atoms with van der Waals surface area (Å²) < 4.78 is 6.80. The van der Waals surface area contributed by atoms with E-state index in [1.807, 2.05) is 37.3 Å². The van der Waals surface area contributed by atoms with E-state index in [1.165, 1.54) is 0 Å². The predicted molar refractivity (Wildman–Crippen MR) is 82.2 cm³/mol. The third-order valence-corrected chi connectivity index (χ3v) is 3.44. The summed E-state index contributed by atoms with van der Waals surface area (Å²) in [7, 11) is 0. The van der Waals surface area contributed by atoms with Crippen LogP contribution in [0.2, 0.25) is 0 Å². The maximum atomic E-state index is 8.76. The van der Waals surface area contributed by atoms with E-state index in [4.69, 9.17) is 15.7 Å². The van der Waals surface area contributed by atoms with Crippen LogP contribution in [0, 0.1) is 11.3 Å². The standard InChI is InChI=1S/C16H15BrN2O/c1-11(19)15-7-6-14(17)8-16(15)20-10-13-4-2-12(9-18)3-5-13/h2-8,11H,10,19H2,1H3/t11-/m1/s1. The Bertz CT molecular complexity index is 630. The Kier molecular flexibility index (Phi) is 4.78. The Balaban J connectivity index is 2.13. The summed E-state index contributed by atoms with van der Waals surface area (Å²) in [5.74, 6) is 0.777. The molecular formula is C16H15BrN2O. The minimum atomic E-state index is -0.0842. The Hall–Kier alpha value is -1.83. The first-order valence-electron chi connectivity index (χ1n) is 6.27. The van der Waals surface area contributed by atoms with Crippen molar-refractivity contribution in [1.29, 1.82) is 5.26 Å². The van der Waals surface area contributed by atoms with Crippen molar-refractivity contribution in [1.82, 2.24) is 0 Å². The number of ether oxygens (including phenoxy) is 1. The summed E-state index contributed by atoms with van der Waals surface area (Å²) >= 11 is 3.43. The molecule has 0 radical (unpaired) electrons. The van der Waals surface area contributed by atoms with Gasteiger partial charge in [-0.05, 0) is 36.8 Å². The Morgan fingerprint density at radius 1 is 1.25 bits per heavy atom. The highest BCUT2D eigenvalue weighted by molar-refractivity contribution is 9.10. The molecular weight excluding hydrogens is 316 g/mol. The minimum Gasteiger partial charge on any atom is -0.489 e. The molecule has 20 heavy (non-hydrogen) atoms. The largest absolute Gasteiger partial charge is 0.489 e. The van der Waals surface area contributed by atoms with Crippen molar-refractivity contribution in [2.75, 3.05) is 0 Å². The lowest BCUT2D eigenvalue weighted by Gasteiger charge is -2.14. The molecule has 0 saturated carbocycles. The second kappa shape index (κ2) is 6.56. The molecule has 2 rings (SSSR count). The Morgan fingerprint density at radius 2 is 1.95 bits per heavy atom. The molecule has 0 saturated heterocycles. The second-order valence-electron chi connectivity index (χ2n) is 4.57. The summed E-state index contributed by atoms with van der Waals surface area (Å²) in [6, 6.07) is 15.2. The number of nitrogens with two attached hydrogens (primary N) is 1. The van der Waals surface area contributed by atoms with Crippen molar-refractivity contribution < 1.29 is 4.74 Å². The first-order valence-corrected chi connectivity index (χ1v) is 7.06. The van der Waals surface area contributed by atoms with Crippen LogP contribution in [0.1, 0.15) is 29.7 Å². The fraction of sp³-hybridized carbons (Fsp3) is 0.188. The third-order valence-electron chi connectivity index (χ3n) is 2.94. The number of hydrogen-bond acceptors (Lipinski definition) is 3. The van der Waals surface area contributed by atoms with Gasteiger partial charge < -0.3 is 10.5 Å². The molecule has 102 valence electrons. The minimum absolute atomic E-state index is 0.0842. The van der Waals surface area contributed by atoms with E-state index in [2.05, 4.69) is 22.0 Å². The fourth-order valence-electron chi connectivity index (χ4n) is 1.85. The lowest BCUT2D eigenvalue weighted by Crippen LogP contribution is -2.08. The SMILES string of the molecule is C[C@@H](N)c1ccc(Br)cc1OCc1ccc(C#N)cc1. The molecule has 0 aliphatic heterocycles. The van der Waals surface area contributed by atoms with Crippen LogP contribution in [0.5, 0.6) is 5.75 Å². The maximum absolute atomic E-state index is 8.76. The van der Waals surface area contributed by atoms with E-state index in [0.717, 1.165) is 21.3 Å². The van der Waals surface area contributed by atoms with Crippen LogP contribution in [0.3, 0.4) is 0 Å². The third kappa shape index (κ3) is 3.60. The zero-order valence-electron chi connectivity index (χ0n) is 11.1. The number of benzene rings is 2. The number of rotatable bonds is 4. The fourth-order valence-corrected chi connectivity index (χ4v) is 2.19. The van der Waals surface area contributed by atoms with E-state index in [0.29, 0.717) is 12.2 Å². The zero-order chi connectivity index (χ0) is 14.5. The molecule has 2 aromatic carbocycles. The van der Waals surface area contributed by atoms with E-state index in [9.17, 15) is 0 Å². The van der Waals surface area contributed by atoms with Gasteiger partial charge in [0, 0.05) is 16.1 Å². The summed E-state index contributed by atoms with van der Waals surface area (Å²) in [6.45, 7) is 2.37. The van der Waals surface area contributed by atoms with Crippen LogP contribution in [-0.4, -0.2) is 0 Å². The van der Waals surface area contributed by atoms with Gasteiger partial charge >= 0.3 is 0 Å². The maximum Gasteiger partial charge on any atom is 0.125 e. The predicted octanol–water partition coefficient (Wildman–Crippen LogP) is 3.92. The van der Waals surface area contributed by atoms with Crippen LogP contribution in [-0.2, 0) is 6.61 Å². The van der Waals surface area contributed by atoms with E-state index in [-0.39, 0.29) is 6.04 Å². The van der Waals surface area contributed by atoms with Gasteiger partial charge in [-0.3, -0.25) is 0 Å². The second-order valence-corrected chi connectivity index (χ2v) is 5.48. The smallest absolute Gasteiger partial charge is 0.125 e. The first-order chi connectivity index (χ1) is 9.60. The summed E-state index contributed by atoms with van der Waals surface area (Å²) in [5.41, 5.74) is 8.57. The number of halogens is 1. The van der Waals surface area contributed by atoms with Crippen molar-refractivity contribution >= 4 is 15.9 Å². The van der Waals surface area contributed by atoms with Gasteiger partial charge in [0.15, 0.2) is 0 Å². The molecule has 0 heterocycles. The van der Waals surface area contributed by atoms with Crippen molar-refractivity contribution in [3.05, 3.63) is 63.6 Å². The number of hydrogen-bond donors (Lipinski definition) is 1. The first kappa shape index (κ1) is 14.6. The van der Waals surface area contributed by atoms with Crippen molar-refractivity contribution in [2.24, 2.45) is 5.73 Å². The molecule has 2 N–H and O–H groups in total.